The monoisotopic (exact) mass is 360 g/mol. The first-order chi connectivity index (χ1) is 11.2. The minimum atomic E-state index is -4.39. The Morgan fingerprint density at radius 1 is 1.17 bits per heavy atom. The van der Waals surface area contributed by atoms with Crippen molar-refractivity contribution in [2.45, 2.75) is 11.1 Å². The smallest absolute Gasteiger partial charge is 0.416 e. The summed E-state index contributed by atoms with van der Waals surface area (Å²) in [4.78, 5) is 4.03. The van der Waals surface area contributed by atoms with Gasteiger partial charge in [0.15, 0.2) is 9.84 Å². The summed E-state index contributed by atoms with van der Waals surface area (Å²) in [6, 6.07) is 7.27. The number of hydrogen-bond acceptors (Lipinski definition) is 5. The van der Waals surface area contributed by atoms with Crippen LogP contribution in [0.1, 0.15) is 5.56 Å². The molecule has 0 aliphatic heterocycles. The number of nitrogens with zero attached hydrogens (tertiary/aromatic N) is 1. The Bertz CT molecular complexity index is 790. The molecule has 0 atom stereocenters. The van der Waals surface area contributed by atoms with Crippen LogP contribution < -0.4 is 10.1 Å². The molecule has 1 aromatic heterocycles. The highest BCUT2D eigenvalue weighted by Gasteiger charge is 2.29. The number of anilines is 1. The quantitative estimate of drug-likeness (QED) is 0.802. The van der Waals surface area contributed by atoms with Gasteiger partial charge in [0, 0.05) is 12.5 Å². The number of pyridine rings is 1. The first-order valence-electron chi connectivity index (χ1n) is 6.87. The molecule has 1 heterocycles. The van der Waals surface area contributed by atoms with Gasteiger partial charge in [0.25, 0.3) is 0 Å². The molecule has 9 heteroatoms. The lowest BCUT2D eigenvalue weighted by atomic mass is 10.2. The molecule has 0 fully saturated rings. The van der Waals surface area contributed by atoms with Crippen molar-refractivity contribution >= 4 is 15.7 Å². The molecule has 0 bridgehead atoms. The Morgan fingerprint density at radius 3 is 2.42 bits per heavy atom. The van der Waals surface area contributed by atoms with Gasteiger partial charge in [-0.3, -0.25) is 0 Å². The number of rotatable bonds is 6. The third-order valence-electron chi connectivity index (χ3n) is 3.02. The van der Waals surface area contributed by atoms with E-state index in [9.17, 15) is 21.6 Å². The number of alkyl halides is 3. The number of ether oxygens (including phenoxy) is 1. The van der Waals surface area contributed by atoms with E-state index < -0.39 is 21.6 Å². The zero-order valence-electron chi connectivity index (χ0n) is 12.7. The first-order valence-corrected chi connectivity index (χ1v) is 8.76. The number of hydrogen-bond donors (Lipinski definition) is 1. The zero-order chi connectivity index (χ0) is 17.8. The van der Waals surface area contributed by atoms with Crippen LogP contribution in [0.2, 0.25) is 0 Å². The summed E-state index contributed by atoms with van der Waals surface area (Å²) in [5, 5.41) is 2.83. The molecule has 0 saturated heterocycles. The molecule has 0 radical (unpaired) electrons. The minimum Gasteiger partial charge on any atom is -0.492 e. The summed E-state index contributed by atoms with van der Waals surface area (Å²) in [6.07, 6.45) is -1.86. The number of benzene rings is 1. The number of sulfone groups is 1. The molecule has 2 rings (SSSR count). The average molecular weight is 360 g/mol. The van der Waals surface area contributed by atoms with Crippen LogP contribution in [-0.4, -0.2) is 32.8 Å². The van der Waals surface area contributed by atoms with E-state index in [-0.39, 0.29) is 29.6 Å². The summed E-state index contributed by atoms with van der Waals surface area (Å²) in [6.45, 7) is 0.367. The second-order valence-corrected chi connectivity index (χ2v) is 6.90. The van der Waals surface area contributed by atoms with E-state index in [1.807, 2.05) is 0 Å². The summed E-state index contributed by atoms with van der Waals surface area (Å²) >= 11 is 0. The molecular formula is C15H15F3N2O3S. The molecule has 0 aliphatic rings. The molecule has 24 heavy (non-hydrogen) atoms. The van der Waals surface area contributed by atoms with E-state index in [4.69, 9.17) is 4.74 Å². The van der Waals surface area contributed by atoms with Crippen molar-refractivity contribution in [2.24, 2.45) is 0 Å². The maximum absolute atomic E-state index is 12.4. The van der Waals surface area contributed by atoms with Gasteiger partial charge in [-0.25, -0.2) is 13.4 Å². The van der Waals surface area contributed by atoms with Gasteiger partial charge in [-0.15, -0.1) is 0 Å². The number of halogens is 3. The molecule has 0 saturated carbocycles. The molecular weight excluding hydrogens is 345 g/mol. The van der Waals surface area contributed by atoms with Gasteiger partial charge in [0.1, 0.15) is 23.1 Å². The van der Waals surface area contributed by atoms with Crippen molar-refractivity contribution in [1.82, 2.24) is 4.98 Å². The molecule has 0 unspecified atom stereocenters. The van der Waals surface area contributed by atoms with Crippen LogP contribution >= 0.6 is 0 Å². The second-order valence-electron chi connectivity index (χ2n) is 4.92. The number of aromatic nitrogens is 1. The highest BCUT2D eigenvalue weighted by molar-refractivity contribution is 7.90. The van der Waals surface area contributed by atoms with Gasteiger partial charge in [-0.1, -0.05) is 0 Å². The summed E-state index contributed by atoms with van der Waals surface area (Å²) < 4.78 is 65.9. The third kappa shape index (κ3) is 4.85. The molecule has 0 amide bonds. The van der Waals surface area contributed by atoms with Crippen LogP contribution in [0.25, 0.3) is 0 Å². The van der Waals surface area contributed by atoms with Gasteiger partial charge >= 0.3 is 6.18 Å². The maximum Gasteiger partial charge on any atom is 0.416 e. The van der Waals surface area contributed by atoms with Crippen LogP contribution in [0.4, 0.5) is 19.0 Å². The SMILES string of the molecule is CS(=O)(=O)c1cccnc1NCCOc1ccc(C(F)(F)F)cc1. The van der Waals surface area contributed by atoms with E-state index in [0.717, 1.165) is 18.4 Å². The van der Waals surface area contributed by atoms with Gasteiger partial charge in [-0.2, -0.15) is 13.2 Å². The van der Waals surface area contributed by atoms with Crippen molar-refractivity contribution in [2.75, 3.05) is 24.7 Å². The highest BCUT2D eigenvalue weighted by Crippen LogP contribution is 2.30. The normalized spacial score (nSPS) is 12.0. The van der Waals surface area contributed by atoms with Gasteiger partial charge in [-0.05, 0) is 36.4 Å². The molecule has 0 spiro atoms. The fraction of sp³-hybridized carbons (Fsp3) is 0.267. The fourth-order valence-corrected chi connectivity index (χ4v) is 2.70. The Labute approximate surface area is 137 Å². The maximum atomic E-state index is 12.4. The second kappa shape index (κ2) is 7.08. The van der Waals surface area contributed by atoms with Crippen molar-refractivity contribution < 1.29 is 26.3 Å². The average Bonchev–Trinajstić information content (AvgIpc) is 2.50. The number of nitrogens with one attached hydrogen (secondary N) is 1. The van der Waals surface area contributed by atoms with Gasteiger partial charge in [0.2, 0.25) is 0 Å². The minimum absolute atomic E-state index is 0.0690. The Kier molecular flexibility index (Phi) is 5.33. The van der Waals surface area contributed by atoms with Crippen LogP contribution in [0.3, 0.4) is 0 Å². The molecule has 130 valence electrons. The van der Waals surface area contributed by atoms with Crippen LogP contribution in [0.5, 0.6) is 5.75 Å². The summed E-state index contributed by atoms with van der Waals surface area (Å²) in [7, 11) is -3.41. The highest BCUT2D eigenvalue weighted by atomic mass is 32.2. The van der Waals surface area contributed by atoms with E-state index in [0.29, 0.717) is 0 Å². The summed E-state index contributed by atoms with van der Waals surface area (Å²) in [5.41, 5.74) is -0.751. The first kappa shape index (κ1) is 18.1. The lowest BCUT2D eigenvalue weighted by molar-refractivity contribution is -0.137. The van der Waals surface area contributed by atoms with Gasteiger partial charge in [0.05, 0.1) is 12.1 Å². The lowest BCUT2D eigenvalue weighted by Crippen LogP contribution is -2.15. The molecule has 1 aromatic carbocycles. The molecule has 0 aliphatic carbocycles. The van der Waals surface area contributed by atoms with Crippen LogP contribution in [0.15, 0.2) is 47.5 Å². The summed E-state index contributed by atoms with van der Waals surface area (Å²) in [5.74, 6) is 0.491. The van der Waals surface area contributed by atoms with E-state index >= 15 is 0 Å². The van der Waals surface area contributed by atoms with E-state index in [1.54, 1.807) is 0 Å². The largest absolute Gasteiger partial charge is 0.492 e. The topological polar surface area (TPSA) is 68.3 Å². The third-order valence-corrected chi connectivity index (χ3v) is 4.14. The molecule has 2 aromatic rings. The molecule has 1 N–H and O–H groups in total. The predicted octanol–water partition coefficient (Wildman–Crippen LogP) is 2.99. The lowest BCUT2D eigenvalue weighted by Gasteiger charge is -2.11. The zero-order valence-corrected chi connectivity index (χ0v) is 13.5. The van der Waals surface area contributed by atoms with Crippen molar-refractivity contribution in [3.8, 4) is 5.75 Å². The van der Waals surface area contributed by atoms with Crippen LogP contribution in [-0.2, 0) is 16.0 Å². The Hall–Kier alpha value is -2.29. The van der Waals surface area contributed by atoms with E-state index in [1.165, 1.54) is 30.5 Å². The van der Waals surface area contributed by atoms with Crippen molar-refractivity contribution in [3.05, 3.63) is 48.2 Å². The Balaban J connectivity index is 1.90. The predicted molar refractivity (Wildman–Crippen MR) is 82.8 cm³/mol. The van der Waals surface area contributed by atoms with Crippen LogP contribution in [0, 0.1) is 0 Å². The van der Waals surface area contributed by atoms with Gasteiger partial charge < -0.3 is 10.1 Å². The van der Waals surface area contributed by atoms with Crippen molar-refractivity contribution in [1.29, 1.82) is 0 Å². The standard InChI is InChI=1S/C15H15F3N2O3S/c1-24(21,22)13-3-2-8-19-14(13)20-9-10-23-12-6-4-11(5-7-12)15(16,17)18/h2-8H,9-10H2,1H3,(H,19,20). The fourth-order valence-electron chi connectivity index (χ4n) is 1.90. The van der Waals surface area contributed by atoms with Crippen molar-refractivity contribution in [3.63, 3.8) is 0 Å². The van der Waals surface area contributed by atoms with E-state index in [2.05, 4.69) is 10.3 Å². The Morgan fingerprint density at radius 2 is 1.83 bits per heavy atom. The molecule has 5 nitrogen and oxygen atoms in total.